The Kier molecular flexibility index (Phi) is 3.94. The normalized spacial score (nSPS) is 11.2. The second kappa shape index (κ2) is 5.48. The van der Waals surface area contributed by atoms with Crippen LogP contribution in [0.1, 0.15) is 0 Å². The highest BCUT2D eigenvalue weighted by Gasteiger charge is 2.30. The predicted molar refractivity (Wildman–Crippen MR) is 65.1 cm³/mol. The lowest BCUT2D eigenvalue weighted by Gasteiger charge is -2.10. The summed E-state index contributed by atoms with van der Waals surface area (Å²) >= 11 is 3.25. The number of hydrogen-bond donors (Lipinski definition) is 0. The van der Waals surface area contributed by atoms with Crippen LogP contribution in [0.3, 0.4) is 0 Å². The van der Waals surface area contributed by atoms with E-state index < -0.39 is 6.36 Å². The van der Waals surface area contributed by atoms with Gasteiger partial charge in [0.25, 0.3) is 0 Å². The van der Waals surface area contributed by atoms with Crippen molar-refractivity contribution in [3.05, 3.63) is 47.1 Å². The molecule has 2 aromatic rings. The van der Waals surface area contributed by atoms with E-state index in [9.17, 15) is 13.2 Å². The van der Waals surface area contributed by atoms with E-state index in [1.165, 1.54) is 24.3 Å². The Morgan fingerprint density at radius 2 is 1.63 bits per heavy atom. The molecular formula is C12H7BrF3NO2. The summed E-state index contributed by atoms with van der Waals surface area (Å²) in [6.07, 6.45) is -3.16. The molecule has 2 rings (SSSR count). The number of benzene rings is 1. The van der Waals surface area contributed by atoms with Gasteiger partial charge >= 0.3 is 6.36 Å². The molecule has 0 aliphatic heterocycles. The molecule has 0 N–H and O–H groups in total. The lowest BCUT2D eigenvalue weighted by atomic mass is 10.3. The number of alkyl halides is 3. The summed E-state index contributed by atoms with van der Waals surface area (Å²) in [7, 11) is 0. The third kappa shape index (κ3) is 4.13. The van der Waals surface area contributed by atoms with Gasteiger partial charge < -0.3 is 9.47 Å². The van der Waals surface area contributed by atoms with Crippen molar-refractivity contribution in [1.29, 1.82) is 0 Å². The van der Waals surface area contributed by atoms with Crippen LogP contribution >= 0.6 is 15.9 Å². The standard InChI is InChI=1S/C12H7BrF3NO2/c13-10-2-1-7-17-11(10)18-8-3-5-9(6-4-8)19-12(14,15)16/h1-7H. The third-order valence-electron chi connectivity index (χ3n) is 2.00. The van der Waals surface area contributed by atoms with E-state index in [1.54, 1.807) is 18.3 Å². The van der Waals surface area contributed by atoms with E-state index in [-0.39, 0.29) is 5.75 Å². The largest absolute Gasteiger partial charge is 0.573 e. The van der Waals surface area contributed by atoms with Gasteiger partial charge in [-0.05, 0) is 52.3 Å². The smallest absolute Gasteiger partial charge is 0.438 e. The van der Waals surface area contributed by atoms with Crippen molar-refractivity contribution in [2.24, 2.45) is 0 Å². The summed E-state index contributed by atoms with van der Waals surface area (Å²) in [6, 6.07) is 8.52. The Bertz CT molecular complexity index is 558. The minimum Gasteiger partial charge on any atom is -0.438 e. The molecule has 0 aliphatic rings. The molecule has 19 heavy (non-hydrogen) atoms. The average Bonchev–Trinajstić information content (AvgIpc) is 2.33. The molecule has 1 aromatic heterocycles. The van der Waals surface area contributed by atoms with Crippen LogP contribution in [0.5, 0.6) is 17.4 Å². The molecule has 0 saturated carbocycles. The molecule has 0 spiro atoms. The first kappa shape index (κ1) is 13.7. The molecule has 0 unspecified atom stereocenters. The second-order valence-corrected chi connectivity index (χ2v) is 4.27. The molecule has 0 aliphatic carbocycles. The average molecular weight is 334 g/mol. The fourth-order valence-electron chi connectivity index (χ4n) is 1.27. The van der Waals surface area contributed by atoms with Crippen LogP contribution in [-0.4, -0.2) is 11.3 Å². The van der Waals surface area contributed by atoms with Gasteiger partial charge in [-0.2, -0.15) is 0 Å². The van der Waals surface area contributed by atoms with E-state index in [1.807, 2.05) is 0 Å². The summed E-state index contributed by atoms with van der Waals surface area (Å²) < 4.78 is 45.7. The Labute approximate surface area is 115 Å². The molecule has 1 heterocycles. The minimum absolute atomic E-state index is 0.306. The number of ether oxygens (including phenoxy) is 2. The Morgan fingerprint density at radius 1 is 1.00 bits per heavy atom. The molecule has 100 valence electrons. The molecule has 0 bridgehead atoms. The van der Waals surface area contributed by atoms with Crippen LogP contribution in [0.4, 0.5) is 13.2 Å². The zero-order valence-electron chi connectivity index (χ0n) is 9.32. The van der Waals surface area contributed by atoms with Crippen molar-refractivity contribution in [2.45, 2.75) is 6.36 Å². The molecule has 0 radical (unpaired) electrons. The van der Waals surface area contributed by atoms with Crippen LogP contribution < -0.4 is 9.47 Å². The van der Waals surface area contributed by atoms with Gasteiger partial charge in [-0.25, -0.2) is 4.98 Å². The van der Waals surface area contributed by atoms with Crippen LogP contribution in [0.15, 0.2) is 47.1 Å². The molecule has 3 nitrogen and oxygen atoms in total. The summed E-state index contributed by atoms with van der Waals surface area (Å²) in [4.78, 5) is 3.98. The zero-order chi connectivity index (χ0) is 13.9. The van der Waals surface area contributed by atoms with Gasteiger partial charge in [0.1, 0.15) is 11.5 Å². The maximum absolute atomic E-state index is 12.0. The minimum atomic E-state index is -4.70. The Hall–Kier alpha value is -1.76. The first-order valence-corrected chi connectivity index (χ1v) is 5.87. The number of rotatable bonds is 3. The first-order valence-electron chi connectivity index (χ1n) is 5.08. The lowest BCUT2D eigenvalue weighted by Crippen LogP contribution is -2.16. The Morgan fingerprint density at radius 3 is 2.21 bits per heavy atom. The van der Waals surface area contributed by atoms with Crippen LogP contribution in [0.2, 0.25) is 0 Å². The fraction of sp³-hybridized carbons (Fsp3) is 0.0833. The van der Waals surface area contributed by atoms with Crippen LogP contribution in [-0.2, 0) is 0 Å². The first-order chi connectivity index (χ1) is 8.94. The van der Waals surface area contributed by atoms with Crippen molar-refractivity contribution >= 4 is 15.9 Å². The van der Waals surface area contributed by atoms with Gasteiger partial charge in [-0.15, -0.1) is 13.2 Å². The van der Waals surface area contributed by atoms with Gasteiger partial charge in [0, 0.05) is 6.20 Å². The molecule has 0 amide bonds. The number of hydrogen-bond acceptors (Lipinski definition) is 3. The van der Waals surface area contributed by atoms with Crippen molar-refractivity contribution in [3.63, 3.8) is 0 Å². The van der Waals surface area contributed by atoms with Gasteiger partial charge in [-0.1, -0.05) is 0 Å². The SMILES string of the molecule is FC(F)(F)Oc1ccc(Oc2ncccc2Br)cc1. The summed E-state index contributed by atoms with van der Waals surface area (Å²) in [5.74, 6) is 0.376. The monoisotopic (exact) mass is 333 g/mol. The van der Waals surface area contributed by atoms with Crippen molar-refractivity contribution in [3.8, 4) is 17.4 Å². The van der Waals surface area contributed by atoms with E-state index in [4.69, 9.17) is 4.74 Å². The topological polar surface area (TPSA) is 31.4 Å². The highest BCUT2D eigenvalue weighted by atomic mass is 79.9. The molecular weight excluding hydrogens is 327 g/mol. The molecule has 0 fully saturated rings. The number of halogens is 4. The maximum Gasteiger partial charge on any atom is 0.573 e. The second-order valence-electron chi connectivity index (χ2n) is 3.41. The lowest BCUT2D eigenvalue weighted by molar-refractivity contribution is -0.274. The third-order valence-corrected chi connectivity index (χ3v) is 2.60. The highest BCUT2D eigenvalue weighted by Crippen LogP contribution is 2.29. The summed E-state index contributed by atoms with van der Waals surface area (Å²) in [5, 5.41) is 0. The van der Waals surface area contributed by atoms with Crippen LogP contribution in [0.25, 0.3) is 0 Å². The predicted octanol–water partition coefficient (Wildman–Crippen LogP) is 4.54. The molecule has 0 atom stereocenters. The van der Waals surface area contributed by atoms with Gasteiger partial charge in [0.15, 0.2) is 0 Å². The van der Waals surface area contributed by atoms with E-state index in [2.05, 4.69) is 25.7 Å². The maximum atomic E-state index is 12.0. The van der Waals surface area contributed by atoms with E-state index in [0.717, 1.165) is 0 Å². The summed E-state index contributed by atoms with van der Waals surface area (Å²) in [6.45, 7) is 0. The van der Waals surface area contributed by atoms with Gasteiger partial charge in [0.05, 0.1) is 4.47 Å². The van der Waals surface area contributed by atoms with E-state index >= 15 is 0 Å². The molecule has 0 saturated heterocycles. The quantitative estimate of drug-likeness (QED) is 0.826. The van der Waals surface area contributed by atoms with Crippen molar-refractivity contribution in [2.75, 3.05) is 0 Å². The fourth-order valence-corrected chi connectivity index (χ4v) is 1.60. The number of aromatic nitrogens is 1. The number of nitrogens with zero attached hydrogens (tertiary/aromatic N) is 1. The van der Waals surface area contributed by atoms with E-state index in [0.29, 0.717) is 16.1 Å². The molecule has 7 heteroatoms. The van der Waals surface area contributed by atoms with Crippen molar-refractivity contribution in [1.82, 2.24) is 4.98 Å². The highest BCUT2D eigenvalue weighted by molar-refractivity contribution is 9.10. The van der Waals surface area contributed by atoms with Gasteiger partial charge in [0.2, 0.25) is 5.88 Å². The van der Waals surface area contributed by atoms with Gasteiger partial charge in [-0.3, -0.25) is 0 Å². The number of pyridine rings is 1. The zero-order valence-corrected chi connectivity index (χ0v) is 10.9. The van der Waals surface area contributed by atoms with Crippen molar-refractivity contribution < 1.29 is 22.6 Å². The summed E-state index contributed by atoms with van der Waals surface area (Å²) in [5.41, 5.74) is 0. The van der Waals surface area contributed by atoms with Crippen LogP contribution in [0, 0.1) is 0 Å². The molecule has 1 aromatic carbocycles. The Balaban J connectivity index is 2.09.